The number of hydrogen-bond acceptors (Lipinski definition) is 10. The molecule has 3 aromatic carbocycles. The number of guanidine groups is 1. The van der Waals surface area contributed by atoms with E-state index in [2.05, 4.69) is 36.9 Å². The van der Waals surface area contributed by atoms with Crippen molar-refractivity contribution in [3.8, 4) is 0 Å². The third-order valence-corrected chi connectivity index (χ3v) is 10.1. The molecule has 3 aromatic rings. The second-order valence-electron chi connectivity index (χ2n) is 14.9. The molecule has 0 bridgehead atoms. The van der Waals surface area contributed by atoms with Crippen molar-refractivity contribution in [2.24, 2.45) is 22.2 Å². The molecule has 0 fully saturated rings. The first-order valence-corrected chi connectivity index (χ1v) is 21.3. The predicted molar refractivity (Wildman–Crippen MR) is 242 cm³/mol. The molecule has 0 aliphatic carbocycles. The number of hydrogen-bond donors (Lipinski definition) is 10. The van der Waals surface area contributed by atoms with Gasteiger partial charge in [0, 0.05) is 38.9 Å². The number of carbonyl (C=O) groups excluding carboxylic acids is 7. The molecule has 0 aliphatic rings. The first-order valence-electron chi connectivity index (χ1n) is 21.3. The van der Waals surface area contributed by atoms with Crippen molar-refractivity contribution in [2.75, 3.05) is 39.3 Å². The molecule has 19 heteroatoms. The van der Waals surface area contributed by atoms with Crippen molar-refractivity contribution < 1.29 is 38.7 Å². The van der Waals surface area contributed by atoms with Crippen LogP contribution >= 0.6 is 0 Å². The Balaban J connectivity index is 1.85. The molecule has 0 aromatic heterocycles. The fourth-order valence-corrected chi connectivity index (χ4v) is 6.54. The number of aliphatic hydroxyl groups excluding tert-OH is 1. The van der Waals surface area contributed by atoms with Crippen LogP contribution in [0.3, 0.4) is 0 Å². The monoisotopic (exact) mass is 885 g/mol. The number of nitrogens with two attached hydrogens (primary N) is 3. The summed E-state index contributed by atoms with van der Waals surface area (Å²) >= 11 is 0. The molecule has 0 aliphatic heterocycles. The molecule has 0 radical (unpaired) electrons. The molecule has 0 saturated carbocycles. The first kappa shape index (κ1) is 51.5. The highest BCUT2D eigenvalue weighted by Gasteiger charge is 2.32. The van der Waals surface area contributed by atoms with Crippen molar-refractivity contribution >= 4 is 47.3 Å². The minimum absolute atomic E-state index is 0.0108. The molecule has 346 valence electrons. The number of aliphatic imine (C=N–C) groups is 1. The first-order chi connectivity index (χ1) is 30.8. The Morgan fingerprint density at radius 2 is 1.00 bits per heavy atom. The number of primary amides is 1. The highest BCUT2D eigenvalue weighted by molar-refractivity contribution is 5.97. The van der Waals surface area contributed by atoms with Gasteiger partial charge in [0.2, 0.25) is 41.4 Å². The zero-order valence-corrected chi connectivity index (χ0v) is 36.5. The van der Waals surface area contributed by atoms with Crippen LogP contribution in [0.5, 0.6) is 0 Å². The lowest BCUT2D eigenvalue weighted by Crippen LogP contribution is -2.60. The Morgan fingerprint density at radius 1 is 0.578 bits per heavy atom. The smallest absolute Gasteiger partial charge is 0.245 e. The van der Waals surface area contributed by atoms with Gasteiger partial charge < -0.3 is 59.1 Å². The number of rotatable bonds is 27. The summed E-state index contributed by atoms with van der Waals surface area (Å²) in [6, 6.07) is 19.9. The topological polar surface area (TPSA) is 306 Å². The Kier molecular flexibility index (Phi) is 22.5. The zero-order chi connectivity index (χ0) is 46.9. The number of benzene rings is 3. The second-order valence-corrected chi connectivity index (χ2v) is 14.9. The highest BCUT2D eigenvalue weighted by atomic mass is 16.3. The second kappa shape index (κ2) is 28.0. The number of unbranched alkanes of at least 4 members (excludes halogenated alkanes) is 1. The van der Waals surface area contributed by atoms with Crippen LogP contribution in [0.25, 0.3) is 0 Å². The molecular weight excluding hydrogens is 823 g/mol. The van der Waals surface area contributed by atoms with E-state index in [4.69, 9.17) is 17.2 Å². The molecule has 13 N–H and O–H groups in total. The van der Waals surface area contributed by atoms with Gasteiger partial charge in [-0.05, 0) is 49.8 Å². The molecule has 0 unspecified atom stereocenters. The summed E-state index contributed by atoms with van der Waals surface area (Å²) in [6.07, 6.45) is 1.05. The van der Waals surface area contributed by atoms with E-state index in [9.17, 15) is 38.7 Å². The molecular formula is C45H63N11O8. The fourth-order valence-electron chi connectivity index (χ4n) is 6.54. The Labute approximate surface area is 373 Å². The molecule has 0 spiro atoms. The van der Waals surface area contributed by atoms with Crippen LogP contribution in [0.2, 0.25) is 0 Å². The number of carbonyl (C=O) groups is 7. The lowest BCUT2D eigenvalue weighted by molar-refractivity contribution is -0.135. The van der Waals surface area contributed by atoms with Gasteiger partial charge in [0.15, 0.2) is 5.96 Å². The SMILES string of the molecule is CCN(CC)C(N)=NCCCC[C@H](NC(=O)[C@H](Cc1ccccc1)NC(=O)[C@H](CO)NC(=O)[C@H](Cc1ccccc1)NC(=O)CNC(=O)CN)C(=O)N[C@@H](Cc1ccccc1)C(N)=O. The number of aliphatic hydroxyl groups is 1. The van der Waals surface area contributed by atoms with Crippen LogP contribution in [-0.4, -0.2) is 127 Å². The molecule has 0 saturated heterocycles. The quantitative estimate of drug-likeness (QED) is 0.0239. The van der Waals surface area contributed by atoms with Gasteiger partial charge in [0.25, 0.3) is 0 Å². The van der Waals surface area contributed by atoms with Gasteiger partial charge in [-0.3, -0.25) is 38.6 Å². The number of amides is 7. The van der Waals surface area contributed by atoms with Gasteiger partial charge in [0.05, 0.1) is 19.7 Å². The van der Waals surface area contributed by atoms with Crippen LogP contribution in [-0.2, 0) is 52.8 Å². The van der Waals surface area contributed by atoms with Gasteiger partial charge >= 0.3 is 0 Å². The summed E-state index contributed by atoms with van der Waals surface area (Å²) in [5.74, 6) is -4.90. The maximum Gasteiger partial charge on any atom is 0.245 e. The number of nitrogens with one attached hydrogen (secondary N) is 6. The zero-order valence-electron chi connectivity index (χ0n) is 36.5. The highest BCUT2D eigenvalue weighted by Crippen LogP contribution is 2.10. The van der Waals surface area contributed by atoms with Gasteiger partial charge in [-0.2, -0.15) is 0 Å². The molecule has 0 heterocycles. The van der Waals surface area contributed by atoms with Gasteiger partial charge in [-0.1, -0.05) is 91.0 Å². The molecule has 7 amide bonds. The van der Waals surface area contributed by atoms with E-state index in [-0.39, 0.29) is 32.2 Å². The van der Waals surface area contributed by atoms with Crippen LogP contribution in [0, 0.1) is 0 Å². The third-order valence-electron chi connectivity index (χ3n) is 10.1. The Hall–Kier alpha value is -6.86. The summed E-state index contributed by atoms with van der Waals surface area (Å²) in [5, 5.41) is 25.8. The largest absolute Gasteiger partial charge is 0.394 e. The normalized spacial score (nSPS) is 13.5. The lowest BCUT2D eigenvalue weighted by atomic mass is 10.0. The predicted octanol–water partition coefficient (Wildman–Crippen LogP) is -1.48. The van der Waals surface area contributed by atoms with E-state index in [0.29, 0.717) is 49.6 Å². The van der Waals surface area contributed by atoms with Crippen LogP contribution < -0.4 is 49.1 Å². The van der Waals surface area contributed by atoms with Crippen LogP contribution in [0.15, 0.2) is 96.0 Å². The minimum Gasteiger partial charge on any atom is -0.394 e. The maximum absolute atomic E-state index is 14.2. The lowest BCUT2D eigenvalue weighted by Gasteiger charge is -2.27. The van der Waals surface area contributed by atoms with Crippen molar-refractivity contribution in [1.29, 1.82) is 0 Å². The van der Waals surface area contributed by atoms with Gasteiger partial charge in [-0.15, -0.1) is 0 Å². The minimum atomic E-state index is -1.59. The Bertz CT molecular complexity index is 1990. The van der Waals surface area contributed by atoms with E-state index in [1.165, 1.54) is 0 Å². The van der Waals surface area contributed by atoms with Crippen molar-refractivity contribution in [2.45, 2.75) is 82.6 Å². The molecule has 3 rings (SSSR count). The standard InChI is InChI=1S/C45H63N11O8/c1-3-56(4-2)45(48)49-23-15-14-22-33(41(61)53-34(40(47)60)24-30-16-8-5-9-17-30)52-43(63)36(26-32-20-12-7-13-21-32)54-44(64)37(29-57)55-42(62)35(25-31-18-10-6-11-19-31)51-39(59)28-50-38(58)27-46/h5-13,16-21,33-37,57H,3-4,14-15,22-29,46H2,1-2H3,(H2,47,60)(H2,48,49)(H,50,58)(H,51,59)(H,52,63)(H,53,61)(H,54,64)(H,55,62)/t33-,34-,35-,36-,37-/m0/s1. The summed E-state index contributed by atoms with van der Waals surface area (Å²) < 4.78 is 0. The van der Waals surface area contributed by atoms with Crippen molar-refractivity contribution in [3.63, 3.8) is 0 Å². The summed E-state index contributed by atoms with van der Waals surface area (Å²) in [7, 11) is 0. The van der Waals surface area contributed by atoms with Gasteiger partial charge in [-0.25, -0.2) is 0 Å². The average Bonchev–Trinajstić information content (AvgIpc) is 3.29. The molecule has 5 atom stereocenters. The van der Waals surface area contributed by atoms with Crippen molar-refractivity contribution in [3.05, 3.63) is 108 Å². The van der Waals surface area contributed by atoms with E-state index >= 15 is 0 Å². The van der Waals surface area contributed by atoms with E-state index < -0.39 is 84.7 Å². The van der Waals surface area contributed by atoms with Crippen molar-refractivity contribution in [1.82, 2.24) is 36.8 Å². The Morgan fingerprint density at radius 3 is 1.47 bits per heavy atom. The third kappa shape index (κ3) is 18.2. The fraction of sp³-hybridized carbons (Fsp3) is 0.422. The molecule has 19 nitrogen and oxygen atoms in total. The average molecular weight is 886 g/mol. The summed E-state index contributed by atoms with van der Waals surface area (Å²) in [6.45, 7) is 3.93. The van der Waals surface area contributed by atoms with Crippen LogP contribution in [0.4, 0.5) is 0 Å². The van der Waals surface area contributed by atoms with E-state index in [1.54, 1.807) is 84.9 Å². The summed E-state index contributed by atoms with van der Waals surface area (Å²) in [5.41, 5.74) is 19.2. The van der Waals surface area contributed by atoms with E-state index in [0.717, 1.165) is 5.56 Å². The van der Waals surface area contributed by atoms with E-state index in [1.807, 2.05) is 24.8 Å². The van der Waals surface area contributed by atoms with Gasteiger partial charge in [0.1, 0.15) is 30.2 Å². The molecule has 64 heavy (non-hydrogen) atoms. The summed E-state index contributed by atoms with van der Waals surface area (Å²) in [4.78, 5) is 99.0. The van der Waals surface area contributed by atoms with Crippen LogP contribution in [0.1, 0.15) is 49.8 Å². The maximum atomic E-state index is 14.2. The number of nitrogens with zero attached hydrogens (tertiary/aromatic N) is 2.